The van der Waals surface area contributed by atoms with Gasteiger partial charge in [0, 0.05) is 11.6 Å². The van der Waals surface area contributed by atoms with Crippen molar-refractivity contribution in [1.29, 1.82) is 0 Å². The van der Waals surface area contributed by atoms with Gasteiger partial charge in [0.2, 0.25) is 5.91 Å². The number of hydrogen-bond donors (Lipinski definition) is 1. The van der Waals surface area contributed by atoms with Crippen molar-refractivity contribution < 1.29 is 9.90 Å². The molecule has 0 unspecified atom stereocenters. The van der Waals surface area contributed by atoms with Crippen LogP contribution in [0, 0.1) is 0 Å². The average molecular weight is 254 g/mol. The summed E-state index contributed by atoms with van der Waals surface area (Å²) >= 11 is 6.03. The molecular weight excluding hydrogens is 238 g/mol. The number of aliphatic hydroxyl groups is 1. The van der Waals surface area contributed by atoms with Crippen LogP contribution < -0.4 is 0 Å². The Morgan fingerprint density at radius 1 is 1.47 bits per heavy atom. The van der Waals surface area contributed by atoms with Crippen LogP contribution in [0.2, 0.25) is 5.02 Å². The quantitative estimate of drug-likeness (QED) is 0.893. The molecule has 1 heterocycles. The molecule has 0 bridgehead atoms. The van der Waals surface area contributed by atoms with Crippen LogP contribution in [0.1, 0.15) is 18.4 Å². The van der Waals surface area contributed by atoms with Crippen molar-refractivity contribution in [2.75, 3.05) is 13.2 Å². The minimum absolute atomic E-state index is 0.00927. The Hall–Kier alpha value is -1.06. The summed E-state index contributed by atoms with van der Waals surface area (Å²) in [6.45, 7) is 0.794. The fraction of sp³-hybridized carbons (Fsp3) is 0.462. The molecule has 4 heteroatoms. The van der Waals surface area contributed by atoms with Crippen molar-refractivity contribution in [2.24, 2.45) is 0 Å². The lowest BCUT2D eigenvalue weighted by Crippen LogP contribution is -2.38. The highest BCUT2D eigenvalue weighted by atomic mass is 35.5. The molecule has 0 spiro atoms. The van der Waals surface area contributed by atoms with Gasteiger partial charge >= 0.3 is 0 Å². The molecule has 1 amide bonds. The first kappa shape index (κ1) is 12.4. The van der Waals surface area contributed by atoms with Gasteiger partial charge in [0.15, 0.2) is 0 Å². The second kappa shape index (κ2) is 5.52. The fourth-order valence-corrected chi connectivity index (χ4v) is 2.46. The molecule has 1 aromatic rings. The van der Waals surface area contributed by atoms with Crippen LogP contribution in [-0.4, -0.2) is 35.1 Å². The summed E-state index contributed by atoms with van der Waals surface area (Å²) in [4.78, 5) is 13.9. The van der Waals surface area contributed by atoms with Gasteiger partial charge in [0.05, 0.1) is 19.1 Å². The lowest BCUT2D eigenvalue weighted by Gasteiger charge is -2.23. The number of aliphatic hydroxyl groups excluding tert-OH is 1. The minimum atomic E-state index is -0.00927. The van der Waals surface area contributed by atoms with Crippen molar-refractivity contribution in [3.8, 4) is 0 Å². The largest absolute Gasteiger partial charge is 0.394 e. The van der Waals surface area contributed by atoms with E-state index in [-0.39, 0.29) is 18.6 Å². The first-order chi connectivity index (χ1) is 8.22. The van der Waals surface area contributed by atoms with Crippen LogP contribution in [0.5, 0.6) is 0 Å². The molecule has 92 valence electrons. The van der Waals surface area contributed by atoms with E-state index in [1.165, 1.54) is 0 Å². The molecule has 1 aliphatic rings. The Morgan fingerprint density at radius 3 is 2.94 bits per heavy atom. The zero-order chi connectivity index (χ0) is 12.3. The van der Waals surface area contributed by atoms with Crippen LogP contribution in [0.25, 0.3) is 0 Å². The molecule has 2 rings (SSSR count). The lowest BCUT2D eigenvalue weighted by atomic mass is 10.1. The zero-order valence-electron chi connectivity index (χ0n) is 9.60. The lowest BCUT2D eigenvalue weighted by molar-refractivity contribution is -0.131. The van der Waals surface area contributed by atoms with E-state index in [0.717, 1.165) is 24.9 Å². The molecule has 0 aliphatic carbocycles. The fourth-order valence-electron chi connectivity index (χ4n) is 2.26. The summed E-state index contributed by atoms with van der Waals surface area (Å²) in [6, 6.07) is 7.37. The Morgan fingerprint density at radius 2 is 2.24 bits per heavy atom. The topological polar surface area (TPSA) is 40.5 Å². The highest BCUT2D eigenvalue weighted by Crippen LogP contribution is 2.20. The highest BCUT2D eigenvalue weighted by molar-refractivity contribution is 6.31. The molecule has 1 N–H and O–H groups in total. The maximum absolute atomic E-state index is 12.1. The number of hydrogen-bond acceptors (Lipinski definition) is 2. The molecule has 1 atom stereocenters. The molecule has 0 radical (unpaired) electrons. The predicted octanol–water partition coefficient (Wildman–Crippen LogP) is 1.87. The van der Waals surface area contributed by atoms with E-state index in [1.807, 2.05) is 18.2 Å². The zero-order valence-corrected chi connectivity index (χ0v) is 10.4. The second-order valence-corrected chi connectivity index (χ2v) is 4.74. The van der Waals surface area contributed by atoms with Gasteiger partial charge in [-0.3, -0.25) is 4.79 Å². The van der Waals surface area contributed by atoms with Crippen LogP contribution in [-0.2, 0) is 11.2 Å². The molecule has 1 aromatic carbocycles. The van der Waals surface area contributed by atoms with Crippen molar-refractivity contribution in [3.63, 3.8) is 0 Å². The van der Waals surface area contributed by atoms with E-state index in [9.17, 15) is 9.90 Å². The number of benzene rings is 1. The Balaban J connectivity index is 2.04. The van der Waals surface area contributed by atoms with Gasteiger partial charge in [-0.25, -0.2) is 0 Å². The summed E-state index contributed by atoms with van der Waals surface area (Å²) in [6.07, 6.45) is 2.18. The number of halogens is 1. The van der Waals surface area contributed by atoms with E-state index < -0.39 is 0 Å². The maximum Gasteiger partial charge on any atom is 0.227 e. The van der Waals surface area contributed by atoms with Gasteiger partial charge in [-0.1, -0.05) is 29.8 Å². The van der Waals surface area contributed by atoms with Gasteiger partial charge in [-0.15, -0.1) is 0 Å². The number of rotatable bonds is 3. The number of likely N-dealkylation sites (tertiary alicyclic amines) is 1. The summed E-state index contributed by atoms with van der Waals surface area (Å²) < 4.78 is 0. The van der Waals surface area contributed by atoms with E-state index in [1.54, 1.807) is 11.0 Å². The van der Waals surface area contributed by atoms with E-state index >= 15 is 0 Å². The van der Waals surface area contributed by atoms with Crippen molar-refractivity contribution in [3.05, 3.63) is 34.9 Å². The Labute approximate surface area is 106 Å². The monoisotopic (exact) mass is 253 g/mol. The Kier molecular flexibility index (Phi) is 4.02. The van der Waals surface area contributed by atoms with Crippen molar-refractivity contribution in [1.82, 2.24) is 4.90 Å². The van der Waals surface area contributed by atoms with Gasteiger partial charge in [-0.2, -0.15) is 0 Å². The SMILES string of the molecule is O=C(Cc1ccccc1Cl)N1CCC[C@H]1CO. The van der Waals surface area contributed by atoms with E-state index in [2.05, 4.69) is 0 Å². The normalized spacial score (nSPS) is 19.6. The maximum atomic E-state index is 12.1. The second-order valence-electron chi connectivity index (χ2n) is 4.33. The summed E-state index contributed by atoms with van der Waals surface area (Å²) in [5, 5.41) is 9.81. The number of carbonyl (C=O) groups is 1. The standard InChI is InChI=1S/C13H16ClNO2/c14-12-6-2-1-4-10(12)8-13(17)15-7-3-5-11(15)9-16/h1-2,4,6,11,16H,3,5,7-9H2/t11-/m0/s1. The average Bonchev–Trinajstić information content (AvgIpc) is 2.80. The smallest absolute Gasteiger partial charge is 0.227 e. The summed E-state index contributed by atoms with van der Waals surface area (Å²) in [7, 11) is 0. The van der Waals surface area contributed by atoms with Crippen LogP contribution in [0.15, 0.2) is 24.3 Å². The Bertz CT molecular complexity index is 408. The first-order valence-electron chi connectivity index (χ1n) is 5.86. The van der Waals surface area contributed by atoms with Crippen molar-refractivity contribution in [2.45, 2.75) is 25.3 Å². The highest BCUT2D eigenvalue weighted by Gasteiger charge is 2.27. The van der Waals surface area contributed by atoms with Crippen molar-refractivity contribution >= 4 is 17.5 Å². The van der Waals surface area contributed by atoms with E-state index in [4.69, 9.17) is 11.6 Å². The molecule has 0 saturated carbocycles. The van der Waals surface area contributed by atoms with Gasteiger partial charge in [0.25, 0.3) is 0 Å². The third kappa shape index (κ3) is 2.79. The third-order valence-corrected chi connectivity index (χ3v) is 3.58. The number of nitrogens with zero attached hydrogens (tertiary/aromatic N) is 1. The van der Waals surface area contributed by atoms with Gasteiger partial charge in [0.1, 0.15) is 0 Å². The summed E-state index contributed by atoms with van der Waals surface area (Å²) in [5.74, 6) is 0.0506. The van der Waals surface area contributed by atoms with Crippen LogP contribution >= 0.6 is 11.6 Å². The molecular formula is C13H16ClNO2. The number of amides is 1. The van der Waals surface area contributed by atoms with Gasteiger partial charge < -0.3 is 10.0 Å². The first-order valence-corrected chi connectivity index (χ1v) is 6.24. The van der Waals surface area contributed by atoms with Crippen LogP contribution in [0.4, 0.5) is 0 Å². The minimum Gasteiger partial charge on any atom is -0.394 e. The molecule has 0 aromatic heterocycles. The molecule has 1 fully saturated rings. The van der Waals surface area contributed by atoms with Gasteiger partial charge in [-0.05, 0) is 24.5 Å². The molecule has 1 saturated heterocycles. The molecule has 1 aliphatic heterocycles. The molecule has 3 nitrogen and oxygen atoms in total. The predicted molar refractivity (Wildman–Crippen MR) is 67.0 cm³/mol. The molecule has 17 heavy (non-hydrogen) atoms. The van der Waals surface area contributed by atoms with Crippen LogP contribution in [0.3, 0.4) is 0 Å². The summed E-state index contributed by atoms with van der Waals surface area (Å²) in [5.41, 5.74) is 0.850. The van der Waals surface area contributed by atoms with E-state index in [0.29, 0.717) is 11.4 Å². The third-order valence-electron chi connectivity index (χ3n) is 3.21. The number of carbonyl (C=O) groups excluding carboxylic acids is 1.